The van der Waals surface area contributed by atoms with E-state index in [0.717, 1.165) is 16.2 Å². The summed E-state index contributed by atoms with van der Waals surface area (Å²) in [4.78, 5) is 18.2. The minimum absolute atomic E-state index is 0.0145. The Labute approximate surface area is 259 Å². The maximum absolute atomic E-state index is 15.2. The molecular formula is C31H32FN6O6P. The number of aromatic nitrogens is 1. The molecule has 1 aliphatic rings. The van der Waals surface area contributed by atoms with Crippen molar-refractivity contribution in [3.63, 3.8) is 0 Å². The van der Waals surface area contributed by atoms with Gasteiger partial charge in [0.1, 0.15) is 17.6 Å². The van der Waals surface area contributed by atoms with Crippen molar-refractivity contribution in [2.75, 3.05) is 25.1 Å². The van der Waals surface area contributed by atoms with Gasteiger partial charge in [-0.1, -0.05) is 66.7 Å². The molecule has 1 amide bonds. The zero-order valence-electron chi connectivity index (χ0n) is 24.4. The number of carbonyl (C=O) groups excluding carboxylic acids is 1. The number of cyclic esters (lactones) is 1. The molecular weight excluding hydrogens is 602 g/mol. The fourth-order valence-corrected chi connectivity index (χ4v) is 5.58. The molecule has 14 heteroatoms. The van der Waals surface area contributed by atoms with E-state index < -0.39 is 25.8 Å². The fourth-order valence-electron chi connectivity index (χ4n) is 4.39. The van der Waals surface area contributed by atoms with E-state index in [4.69, 9.17) is 29.9 Å². The molecule has 0 unspecified atom stereocenters. The first-order chi connectivity index (χ1) is 21.7. The van der Waals surface area contributed by atoms with Gasteiger partial charge in [-0.3, -0.25) is 23.5 Å². The number of amides is 1. The lowest BCUT2D eigenvalue weighted by atomic mass is 10.1. The smallest absolute Gasteiger partial charge is 0.441 e. The largest absolute Gasteiger partial charge is 0.475 e. The van der Waals surface area contributed by atoms with Crippen molar-refractivity contribution in [1.29, 1.82) is 0 Å². The number of phosphoric acid groups is 1. The van der Waals surface area contributed by atoms with Crippen molar-refractivity contribution in [2.24, 2.45) is 16.7 Å². The number of ether oxygens (including phenoxy) is 1. The molecule has 0 saturated carbocycles. The van der Waals surface area contributed by atoms with E-state index in [0.29, 0.717) is 11.3 Å². The molecule has 234 valence electrons. The topological polar surface area (TPSA) is 155 Å². The van der Waals surface area contributed by atoms with Crippen LogP contribution in [0.1, 0.15) is 16.8 Å². The molecule has 1 saturated heterocycles. The highest BCUT2D eigenvalue weighted by molar-refractivity contribution is 7.48. The first-order valence-corrected chi connectivity index (χ1v) is 15.3. The number of amidine groups is 1. The molecule has 1 atom stereocenters. The molecule has 0 bridgehead atoms. The standard InChI is InChI=1S/C31H32FN6O6P/c1-37(34)36-30(33)29-15-12-24(17-35-29)27-14-13-25(16-28(27)32)38-18-26(44-31(38)39)21-43-45(40,41-19-22-8-4-2-5-9-22)42-20-23-10-6-3-7-11-23/h2-17,26H,18-21,34H2,1H3,(H2,33,36)/t26-/m1/s1. The quantitative estimate of drug-likeness (QED) is 0.0660. The van der Waals surface area contributed by atoms with Gasteiger partial charge in [-0.05, 0) is 35.4 Å². The van der Waals surface area contributed by atoms with E-state index in [1.807, 2.05) is 60.7 Å². The molecule has 5 rings (SSSR count). The Morgan fingerprint density at radius 1 is 1.02 bits per heavy atom. The molecule has 0 radical (unpaired) electrons. The van der Waals surface area contributed by atoms with Crippen molar-refractivity contribution < 1.29 is 32.1 Å². The number of hydrogen-bond acceptors (Lipinski definition) is 10. The fraction of sp³-hybridized carbons (Fsp3) is 0.194. The molecule has 0 aliphatic carbocycles. The van der Waals surface area contributed by atoms with Crippen LogP contribution < -0.4 is 16.5 Å². The summed E-state index contributed by atoms with van der Waals surface area (Å²) in [5.41, 5.74) is 8.82. The number of anilines is 1. The third-order valence-electron chi connectivity index (χ3n) is 6.62. The number of halogens is 1. The zero-order valence-corrected chi connectivity index (χ0v) is 25.3. The van der Waals surface area contributed by atoms with Crippen LogP contribution in [-0.2, 0) is 36.1 Å². The lowest BCUT2D eigenvalue weighted by Gasteiger charge is -2.20. The Kier molecular flexibility index (Phi) is 10.2. The maximum atomic E-state index is 15.2. The number of hydrazone groups is 1. The Bertz CT molecular complexity index is 1630. The van der Waals surface area contributed by atoms with Gasteiger partial charge in [0.25, 0.3) is 0 Å². The lowest BCUT2D eigenvalue weighted by molar-refractivity contribution is 0.0596. The average molecular weight is 635 g/mol. The summed E-state index contributed by atoms with van der Waals surface area (Å²) < 4.78 is 51.1. The van der Waals surface area contributed by atoms with Crippen LogP contribution in [0.4, 0.5) is 14.9 Å². The van der Waals surface area contributed by atoms with Crippen LogP contribution in [0.5, 0.6) is 0 Å². The van der Waals surface area contributed by atoms with E-state index in [-0.39, 0.29) is 43.5 Å². The van der Waals surface area contributed by atoms with Crippen molar-refractivity contribution in [3.8, 4) is 11.1 Å². The lowest BCUT2D eigenvalue weighted by Crippen LogP contribution is -2.26. The maximum Gasteiger partial charge on any atom is 0.475 e. The third kappa shape index (κ3) is 8.50. The van der Waals surface area contributed by atoms with Crippen molar-refractivity contribution in [2.45, 2.75) is 19.3 Å². The summed E-state index contributed by atoms with van der Waals surface area (Å²) in [6, 6.07) is 25.9. The van der Waals surface area contributed by atoms with Crippen molar-refractivity contribution >= 4 is 25.4 Å². The van der Waals surface area contributed by atoms with Gasteiger partial charge in [0.05, 0.1) is 32.1 Å². The number of rotatable bonds is 13. The highest BCUT2D eigenvalue weighted by atomic mass is 31.2. The van der Waals surface area contributed by atoms with Gasteiger partial charge in [0.2, 0.25) is 0 Å². The number of hydrogen-bond donors (Lipinski definition) is 2. The molecule has 4 aromatic rings. The Hall–Kier alpha value is -4.65. The number of nitrogens with zero attached hydrogens (tertiary/aromatic N) is 4. The Morgan fingerprint density at radius 3 is 2.22 bits per heavy atom. The highest BCUT2D eigenvalue weighted by Crippen LogP contribution is 2.51. The monoisotopic (exact) mass is 634 g/mol. The summed E-state index contributed by atoms with van der Waals surface area (Å²) in [6.07, 6.45) is -0.0563. The predicted molar refractivity (Wildman–Crippen MR) is 166 cm³/mol. The van der Waals surface area contributed by atoms with Gasteiger partial charge < -0.3 is 10.5 Å². The van der Waals surface area contributed by atoms with E-state index >= 15 is 4.39 Å². The highest BCUT2D eigenvalue weighted by Gasteiger charge is 2.36. The second kappa shape index (κ2) is 14.4. The van der Waals surface area contributed by atoms with Gasteiger partial charge in [0, 0.05) is 24.4 Å². The van der Waals surface area contributed by atoms with Crippen LogP contribution in [0.2, 0.25) is 0 Å². The van der Waals surface area contributed by atoms with Crippen LogP contribution in [-0.4, -0.2) is 48.3 Å². The van der Waals surface area contributed by atoms with Crippen LogP contribution in [0, 0.1) is 5.82 Å². The molecule has 2 heterocycles. The third-order valence-corrected chi connectivity index (χ3v) is 7.98. The van der Waals surface area contributed by atoms with Gasteiger partial charge in [-0.2, -0.15) is 0 Å². The van der Waals surface area contributed by atoms with Crippen molar-refractivity contribution in [3.05, 3.63) is 120 Å². The number of pyridine rings is 1. The molecule has 1 fully saturated rings. The number of phosphoric ester groups is 1. The molecule has 45 heavy (non-hydrogen) atoms. The molecule has 4 N–H and O–H groups in total. The summed E-state index contributed by atoms with van der Waals surface area (Å²) >= 11 is 0. The molecule has 12 nitrogen and oxygen atoms in total. The van der Waals surface area contributed by atoms with Gasteiger partial charge >= 0.3 is 13.9 Å². The number of benzene rings is 3. The van der Waals surface area contributed by atoms with Crippen molar-refractivity contribution in [1.82, 2.24) is 10.1 Å². The Morgan fingerprint density at radius 2 is 1.67 bits per heavy atom. The molecule has 1 aromatic heterocycles. The molecule has 1 aliphatic heterocycles. The number of hydrazine groups is 1. The number of carbonyl (C=O) groups is 1. The minimum Gasteiger partial charge on any atom is -0.441 e. The Balaban J connectivity index is 1.23. The molecule has 3 aromatic carbocycles. The van der Waals surface area contributed by atoms with Gasteiger partial charge in [-0.15, -0.1) is 5.10 Å². The van der Waals surface area contributed by atoms with Crippen LogP contribution in [0.15, 0.2) is 102 Å². The SMILES string of the molecule is CN(N)/N=C(\N)c1ccc(-c2ccc(N3C[C@H](COP(=O)(OCc4ccccc4)OCc4ccccc4)OC3=O)cc2F)cn1. The zero-order chi connectivity index (χ0) is 31.8. The van der Waals surface area contributed by atoms with Gasteiger partial charge in [0.15, 0.2) is 5.84 Å². The second-order valence-electron chi connectivity index (χ2n) is 10.0. The molecule has 0 spiro atoms. The first kappa shape index (κ1) is 31.8. The predicted octanol–water partition coefficient (Wildman–Crippen LogP) is 5.20. The van der Waals surface area contributed by atoms with E-state index in [9.17, 15) is 9.36 Å². The normalized spacial score (nSPS) is 15.3. The second-order valence-corrected chi connectivity index (χ2v) is 11.7. The average Bonchev–Trinajstić information content (AvgIpc) is 3.43. The summed E-state index contributed by atoms with van der Waals surface area (Å²) in [6.45, 7) is -0.272. The first-order valence-electron chi connectivity index (χ1n) is 13.9. The summed E-state index contributed by atoms with van der Waals surface area (Å²) in [5.74, 6) is 5.01. The number of nitrogens with two attached hydrogens (primary N) is 2. The summed E-state index contributed by atoms with van der Waals surface area (Å²) in [5, 5.41) is 4.94. The minimum atomic E-state index is -4.08. The van der Waals surface area contributed by atoms with E-state index in [1.54, 1.807) is 18.2 Å². The summed E-state index contributed by atoms with van der Waals surface area (Å²) in [7, 11) is -2.56. The van der Waals surface area contributed by atoms with Crippen LogP contribution in [0.25, 0.3) is 11.1 Å². The van der Waals surface area contributed by atoms with E-state index in [2.05, 4.69) is 10.1 Å². The van der Waals surface area contributed by atoms with Crippen LogP contribution in [0.3, 0.4) is 0 Å². The van der Waals surface area contributed by atoms with Gasteiger partial charge in [-0.25, -0.2) is 24.7 Å². The van der Waals surface area contributed by atoms with E-state index in [1.165, 1.54) is 30.3 Å². The van der Waals surface area contributed by atoms with Crippen LogP contribution >= 0.6 is 7.82 Å².